The maximum atomic E-state index is 16.4. The molecule has 15 nitrogen and oxygen atoms in total. The summed E-state index contributed by atoms with van der Waals surface area (Å²) < 4.78 is 19.1. The van der Waals surface area contributed by atoms with Gasteiger partial charge < -0.3 is 20.6 Å². The van der Waals surface area contributed by atoms with Crippen molar-refractivity contribution in [3.8, 4) is 0 Å². The number of fused-ring (bicyclic) bond motifs is 4. The summed E-state index contributed by atoms with van der Waals surface area (Å²) in [5.74, 6) is -4.33. The lowest BCUT2D eigenvalue weighted by Crippen LogP contribution is -2.60. The van der Waals surface area contributed by atoms with E-state index >= 15 is 4.39 Å². The van der Waals surface area contributed by atoms with Crippen LogP contribution in [0.15, 0.2) is 59.4 Å². The van der Waals surface area contributed by atoms with Crippen LogP contribution in [0, 0.1) is 11.7 Å². The molecule has 5 fully saturated rings. The van der Waals surface area contributed by atoms with Crippen LogP contribution in [0.4, 0.5) is 10.1 Å². The molecule has 2 aliphatic carbocycles. The van der Waals surface area contributed by atoms with E-state index in [1.54, 1.807) is 30.3 Å². The number of nitrogens with one attached hydrogen (secondary N) is 4. The Morgan fingerprint density at radius 1 is 0.853 bits per heavy atom. The average Bonchev–Trinajstić information content (AvgIpc) is 3.89. The quantitative estimate of drug-likeness (QED) is 0.117. The lowest BCUT2D eigenvalue weighted by Gasteiger charge is -2.47. The Balaban J connectivity index is 0.819. The molecular weight excluding hydrogens is 916 g/mol. The Kier molecular flexibility index (Phi) is 12.3. The molecule has 5 heterocycles. The zero-order valence-corrected chi connectivity index (χ0v) is 39.0. The Morgan fingerprint density at radius 3 is 2.32 bits per heavy atom. The molecule has 0 bridgehead atoms. The zero-order chi connectivity index (χ0) is 47.6. The number of benzene rings is 3. The largest absolute Gasteiger partial charge is 0.481 e. The number of carbonyl (C=O) groups excluding carboxylic acids is 5. The summed E-state index contributed by atoms with van der Waals surface area (Å²) in [4.78, 5) is 95.4. The first-order valence-corrected chi connectivity index (χ1v) is 24.7. The van der Waals surface area contributed by atoms with E-state index in [1.165, 1.54) is 15.2 Å². The van der Waals surface area contributed by atoms with Crippen LogP contribution in [0.1, 0.15) is 124 Å². The van der Waals surface area contributed by atoms with Gasteiger partial charge in [-0.1, -0.05) is 66.7 Å². The fourth-order valence-electron chi connectivity index (χ4n) is 12.9. The first-order chi connectivity index (χ1) is 32.7. The van der Waals surface area contributed by atoms with Gasteiger partial charge in [0.05, 0.1) is 28.5 Å². The van der Waals surface area contributed by atoms with Crippen molar-refractivity contribution < 1.29 is 38.3 Å². The molecule has 6 aliphatic rings. The molecule has 10 rings (SSSR count). The van der Waals surface area contributed by atoms with Gasteiger partial charge in [-0.2, -0.15) is 0 Å². The maximum Gasteiger partial charge on any atom is 0.329 e. The number of anilines is 1. The minimum absolute atomic E-state index is 0.0678. The van der Waals surface area contributed by atoms with Crippen LogP contribution in [0.25, 0.3) is 11.0 Å². The van der Waals surface area contributed by atoms with Crippen molar-refractivity contribution in [1.82, 2.24) is 30.0 Å². The molecule has 3 aromatic carbocycles. The number of amides is 5. The second-order valence-corrected chi connectivity index (χ2v) is 20.5. The molecule has 4 aromatic rings. The van der Waals surface area contributed by atoms with Crippen LogP contribution in [0.3, 0.4) is 0 Å². The van der Waals surface area contributed by atoms with E-state index in [0.29, 0.717) is 91.8 Å². The van der Waals surface area contributed by atoms with Crippen molar-refractivity contribution in [3.63, 3.8) is 0 Å². The number of aromatic nitrogens is 2. The van der Waals surface area contributed by atoms with Crippen LogP contribution >= 0.6 is 23.2 Å². The lowest BCUT2D eigenvalue weighted by atomic mass is 9.55. The average molecular weight is 971 g/mol. The molecule has 4 atom stereocenters. The number of imidazole rings is 1. The SMILES string of the molecule is O=C(O)CCn1c(=O)n(C2CCC(=O)NC2=O)c2ccc(C3CCN(C(=O)C4CCC(NC(=O)[C@@H]5NC6(CCCCC6)[C@@]6(C(=O)Nc7cc(Cl)ccc76)[C@H]5c5cccc(Cl)c5F)CC4)CC3)cc21. The van der Waals surface area contributed by atoms with Crippen molar-refractivity contribution in [2.45, 2.75) is 137 Å². The third-order valence-electron chi connectivity index (χ3n) is 16.1. The van der Waals surface area contributed by atoms with Crippen molar-refractivity contribution in [1.29, 1.82) is 0 Å². The molecule has 2 spiro atoms. The molecular formula is C50H54Cl2FN7O8. The summed E-state index contributed by atoms with van der Waals surface area (Å²) >= 11 is 12.9. The third kappa shape index (κ3) is 7.70. The van der Waals surface area contributed by atoms with E-state index in [2.05, 4.69) is 21.3 Å². The van der Waals surface area contributed by atoms with Gasteiger partial charge in [-0.05, 0) is 111 Å². The van der Waals surface area contributed by atoms with Gasteiger partial charge in [0, 0.05) is 60.2 Å². The lowest BCUT2D eigenvalue weighted by molar-refractivity contribution is -0.138. The molecule has 3 saturated heterocycles. The van der Waals surface area contributed by atoms with Gasteiger partial charge in [0.2, 0.25) is 29.5 Å². The minimum atomic E-state index is -1.33. The van der Waals surface area contributed by atoms with E-state index < -0.39 is 58.2 Å². The summed E-state index contributed by atoms with van der Waals surface area (Å²) in [6.45, 7) is 0.977. The van der Waals surface area contributed by atoms with Crippen molar-refractivity contribution in [2.24, 2.45) is 5.92 Å². The molecule has 5 N–H and O–H groups in total. The molecule has 1 unspecified atom stereocenters. The molecule has 2 saturated carbocycles. The number of likely N-dealkylation sites (tertiary alicyclic amines) is 1. The number of imide groups is 1. The number of hydrogen-bond acceptors (Lipinski definition) is 8. The van der Waals surface area contributed by atoms with Gasteiger partial charge in [-0.3, -0.25) is 48.5 Å². The summed E-state index contributed by atoms with van der Waals surface area (Å²) in [6.07, 6.45) is 7.47. The molecule has 5 amide bonds. The Labute approximate surface area is 401 Å². The molecule has 0 radical (unpaired) electrons. The number of carboxylic acids is 1. The Hall–Kier alpha value is -5.58. The predicted octanol–water partition coefficient (Wildman–Crippen LogP) is 6.43. The van der Waals surface area contributed by atoms with E-state index in [0.717, 1.165) is 24.8 Å². The van der Waals surface area contributed by atoms with Crippen LogP contribution in [-0.2, 0) is 40.7 Å². The highest BCUT2D eigenvalue weighted by molar-refractivity contribution is 6.31. The van der Waals surface area contributed by atoms with Gasteiger partial charge in [-0.15, -0.1) is 0 Å². The van der Waals surface area contributed by atoms with E-state index in [9.17, 15) is 38.7 Å². The number of aliphatic carboxylic acids is 1. The highest BCUT2D eigenvalue weighted by atomic mass is 35.5. The van der Waals surface area contributed by atoms with Gasteiger partial charge in [0.15, 0.2) is 0 Å². The fourth-order valence-corrected chi connectivity index (χ4v) is 13.2. The number of rotatable bonds is 9. The molecule has 358 valence electrons. The van der Waals surface area contributed by atoms with E-state index in [-0.39, 0.29) is 72.0 Å². The van der Waals surface area contributed by atoms with Gasteiger partial charge in [0.25, 0.3) is 0 Å². The predicted molar refractivity (Wildman–Crippen MR) is 251 cm³/mol. The normalized spacial score (nSPS) is 27.1. The monoisotopic (exact) mass is 969 g/mol. The Bertz CT molecular complexity index is 2810. The highest BCUT2D eigenvalue weighted by Crippen LogP contribution is 2.63. The van der Waals surface area contributed by atoms with E-state index in [1.807, 2.05) is 23.1 Å². The van der Waals surface area contributed by atoms with E-state index in [4.69, 9.17) is 23.2 Å². The highest BCUT2D eigenvalue weighted by Gasteiger charge is 2.72. The number of halogens is 3. The van der Waals surface area contributed by atoms with Gasteiger partial charge in [-0.25, -0.2) is 9.18 Å². The molecule has 18 heteroatoms. The van der Waals surface area contributed by atoms with Gasteiger partial charge in [0.1, 0.15) is 17.3 Å². The number of nitrogens with zero attached hydrogens (tertiary/aromatic N) is 3. The molecule has 68 heavy (non-hydrogen) atoms. The first-order valence-electron chi connectivity index (χ1n) is 23.9. The fraction of sp³-hybridized carbons (Fsp3) is 0.500. The van der Waals surface area contributed by atoms with Crippen LogP contribution < -0.4 is 27.0 Å². The summed E-state index contributed by atoms with van der Waals surface area (Å²) in [6, 6.07) is 13.5. The van der Waals surface area contributed by atoms with Crippen LogP contribution in [0.2, 0.25) is 10.0 Å². The maximum absolute atomic E-state index is 16.4. The molecule has 1 aromatic heterocycles. The molecule has 4 aliphatic heterocycles. The van der Waals surface area contributed by atoms with Crippen molar-refractivity contribution in [3.05, 3.63) is 97.6 Å². The number of carboxylic acid groups (broad SMARTS) is 1. The number of hydrogen-bond donors (Lipinski definition) is 5. The standard InChI is InChI=1S/C50H54Cl2FN7O8/c51-30-10-13-33-35(26-30)55-47(67)50(33)41(32-5-4-6-34(52)42(32)53)43(57-49(50)20-2-1-3-21-49)45(65)54-31-11-7-28(8-12-31)46(66)58-22-17-27(18-23-58)29-9-14-36-38(25-29)59(24-19-40(62)63)48(68)60(36)37-15-16-39(61)56-44(37)64/h4-6,9-10,13-14,25-28,31,37,41,43,57H,1-3,7-8,11-12,15-24H2,(H,54,65)(H,55,67)(H,62,63)(H,56,61,64)/t28?,31?,37?,41-,43+,50+/m0/s1. The van der Waals surface area contributed by atoms with Gasteiger partial charge >= 0.3 is 11.7 Å². The second kappa shape index (κ2) is 18.1. The minimum Gasteiger partial charge on any atom is -0.481 e. The summed E-state index contributed by atoms with van der Waals surface area (Å²) in [5.41, 5.74) is 0.697. The topological polar surface area (TPSA) is 201 Å². The zero-order valence-electron chi connectivity index (χ0n) is 37.5. The van der Waals surface area contributed by atoms with Crippen molar-refractivity contribution >= 4 is 75.4 Å². The Morgan fingerprint density at radius 2 is 1.60 bits per heavy atom. The second-order valence-electron chi connectivity index (χ2n) is 19.7. The van der Waals surface area contributed by atoms with Crippen molar-refractivity contribution in [2.75, 3.05) is 18.4 Å². The third-order valence-corrected chi connectivity index (χ3v) is 16.6. The smallest absolute Gasteiger partial charge is 0.329 e. The number of carbonyl (C=O) groups is 6. The number of piperidine rings is 2. The number of aryl methyl sites for hydroxylation is 1. The first kappa shape index (κ1) is 46.2. The summed E-state index contributed by atoms with van der Waals surface area (Å²) in [5, 5.41) is 22.1. The van der Waals surface area contributed by atoms with Crippen LogP contribution in [-0.4, -0.2) is 85.4 Å². The summed E-state index contributed by atoms with van der Waals surface area (Å²) in [7, 11) is 0. The van der Waals surface area contributed by atoms with Crippen LogP contribution in [0.5, 0.6) is 0 Å².